The van der Waals surface area contributed by atoms with Gasteiger partial charge in [-0.25, -0.2) is 9.99 Å². The van der Waals surface area contributed by atoms with E-state index in [0.717, 1.165) is 17.0 Å². The van der Waals surface area contributed by atoms with Gasteiger partial charge in [0.2, 0.25) is 0 Å². The summed E-state index contributed by atoms with van der Waals surface area (Å²) in [7, 11) is 1.60. The molecule has 33 heavy (non-hydrogen) atoms. The fourth-order valence-corrected chi connectivity index (χ4v) is 4.03. The standard InChI is InChI=1S/C24H19ClN4O4/c1-32-17-7-4-15(5-8-17)20-12-21(22-3-2-10-33-22)29(27-20)23(30)13-28-14-26-19-9-6-16(25)11-18(19)24(28)31/h2-11,14,21H,12-13H2,1H3/t21-/m0/s1. The van der Waals surface area contributed by atoms with E-state index in [1.54, 1.807) is 37.6 Å². The topological polar surface area (TPSA) is 89.9 Å². The van der Waals surface area contributed by atoms with Gasteiger partial charge >= 0.3 is 0 Å². The zero-order valence-corrected chi connectivity index (χ0v) is 18.4. The van der Waals surface area contributed by atoms with E-state index in [2.05, 4.69) is 10.1 Å². The van der Waals surface area contributed by atoms with Gasteiger partial charge in [-0.05, 0) is 60.2 Å². The number of rotatable bonds is 5. The highest BCUT2D eigenvalue weighted by Crippen LogP contribution is 2.33. The predicted octanol–water partition coefficient (Wildman–Crippen LogP) is 4.03. The number of carbonyl (C=O) groups is 1. The number of methoxy groups -OCH3 is 1. The van der Waals surface area contributed by atoms with E-state index < -0.39 is 6.04 Å². The molecule has 0 saturated heterocycles. The van der Waals surface area contributed by atoms with Crippen LogP contribution < -0.4 is 10.3 Å². The second-order valence-electron chi connectivity index (χ2n) is 7.59. The smallest absolute Gasteiger partial charge is 0.263 e. The molecule has 0 N–H and O–H groups in total. The number of halogens is 1. The van der Waals surface area contributed by atoms with Gasteiger partial charge in [0.05, 0.1) is 36.3 Å². The number of furan rings is 1. The van der Waals surface area contributed by atoms with E-state index in [0.29, 0.717) is 28.1 Å². The summed E-state index contributed by atoms with van der Waals surface area (Å²) in [5, 5.41) is 6.76. The molecule has 1 aliphatic heterocycles. The number of aromatic nitrogens is 2. The number of amides is 1. The Morgan fingerprint density at radius 2 is 2.03 bits per heavy atom. The van der Waals surface area contributed by atoms with Crippen LogP contribution in [0.3, 0.4) is 0 Å². The molecule has 0 fully saturated rings. The third-order valence-electron chi connectivity index (χ3n) is 5.55. The molecule has 3 heterocycles. The number of hydrogen-bond donors (Lipinski definition) is 0. The summed E-state index contributed by atoms with van der Waals surface area (Å²) in [5.74, 6) is 0.993. The molecular weight excluding hydrogens is 444 g/mol. The molecule has 2 aromatic carbocycles. The zero-order chi connectivity index (χ0) is 22.9. The van der Waals surface area contributed by atoms with Gasteiger partial charge in [-0.2, -0.15) is 5.10 Å². The van der Waals surface area contributed by atoms with E-state index in [-0.39, 0.29) is 18.0 Å². The second-order valence-corrected chi connectivity index (χ2v) is 8.02. The lowest BCUT2D eigenvalue weighted by Crippen LogP contribution is -2.34. The lowest BCUT2D eigenvalue weighted by molar-refractivity contribution is -0.134. The van der Waals surface area contributed by atoms with Crippen LogP contribution in [0.2, 0.25) is 5.02 Å². The molecule has 0 spiro atoms. The minimum atomic E-state index is -0.414. The van der Waals surface area contributed by atoms with Crippen LogP contribution in [0.1, 0.15) is 23.8 Å². The minimum absolute atomic E-state index is 0.217. The molecule has 5 rings (SSSR count). The summed E-state index contributed by atoms with van der Waals surface area (Å²) in [4.78, 5) is 30.5. The SMILES string of the molecule is COc1ccc(C2=NN(C(=O)Cn3cnc4ccc(Cl)cc4c3=O)[C@H](c3ccco3)C2)cc1. The molecule has 1 amide bonds. The van der Waals surface area contributed by atoms with Gasteiger partial charge in [0, 0.05) is 11.4 Å². The minimum Gasteiger partial charge on any atom is -0.497 e. The Balaban J connectivity index is 1.47. The number of nitrogens with zero attached hydrogens (tertiary/aromatic N) is 4. The number of ether oxygens (including phenoxy) is 1. The van der Waals surface area contributed by atoms with Crippen LogP contribution in [0, 0.1) is 0 Å². The summed E-state index contributed by atoms with van der Waals surface area (Å²) < 4.78 is 12.1. The molecule has 0 bridgehead atoms. The van der Waals surface area contributed by atoms with E-state index in [9.17, 15) is 9.59 Å². The van der Waals surface area contributed by atoms with E-state index >= 15 is 0 Å². The largest absolute Gasteiger partial charge is 0.497 e. The summed E-state index contributed by atoms with van der Waals surface area (Å²) in [6.45, 7) is -0.217. The Hall–Kier alpha value is -3.91. The third kappa shape index (κ3) is 4.01. The van der Waals surface area contributed by atoms with Gasteiger partial charge in [-0.15, -0.1) is 0 Å². The summed E-state index contributed by atoms with van der Waals surface area (Å²) >= 11 is 6.03. The molecule has 9 heteroatoms. The third-order valence-corrected chi connectivity index (χ3v) is 5.79. The summed E-state index contributed by atoms with van der Waals surface area (Å²) in [6.07, 6.45) is 3.40. The molecule has 0 saturated carbocycles. The first kappa shape index (κ1) is 21.0. The highest BCUT2D eigenvalue weighted by molar-refractivity contribution is 6.31. The zero-order valence-electron chi connectivity index (χ0n) is 17.6. The quantitative estimate of drug-likeness (QED) is 0.446. The van der Waals surface area contributed by atoms with Crippen LogP contribution in [0.5, 0.6) is 5.75 Å². The van der Waals surface area contributed by atoms with Gasteiger partial charge in [0.25, 0.3) is 11.5 Å². The Labute approximate surface area is 193 Å². The van der Waals surface area contributed by atoms with Gasteiger partial charge in [0.1, 0.15) is 24.1 Å². The number of carbonyl (C=O) groups excluding carboxylic acids is 1. The molecule has 2 aromatic heterocycles. The van der Waals surface area contributed by atoms with Crippen molar-refractivity contribution in [2.45, 2.75) is 19.0 Å². The van der Waals surface area contributed by atoms with Crippen molar-refractivity contribution in [3.63, 3.8) is 0 Å². The molecule has 166 valence electrons. The lowest BCUT2D eigenvalue weighted by Gasteiger charge is -2.20. The monoisotopic (exact) mass is 462 g/mol. The first-order valence-corrected chi connectivity index (χ1v) is 10.6. The Bertz CT molecular complexity index is 1410. The van der Waals surface area contributed by atoms with E-state index in [1.807, 2.05) is 30.3 Å². The molecule has 0 unspecified atom stereocenters. The molecule has 0 radical (unpaired) electrons. The number of hydrazone groups is 1. The normalized spacial score (nSPS) is 15.6. The van der Waals surface area contributed by atoms with Crippen molar-refractivity contribution < 1.29 is 13.9 Å². The predicted molar refractivity (Wildman–Crippen MR) is 123 cm³/mol. The molecular formula is C24H19ClN4O4. The first-order valence-electron chi connectivity index (χ1n) is 10.3. The maximum atomic E-state index is 13.3. The summed E-state index contributed by atoms with van der Waals surface area (Å²) in [5.41, 5.74) is 1.79. The second kappa shape index (κ2) is 8.55. The van der Waals surface area contributed by atoms with E-state index in [1.165, 1.54) is 15.9 Å². The van der Waals surface area contributed by atoms with Crippen molar-refractivity contribution in [2.75, 3.05) is 7.11 Å². The van der Waals surface area contributed by atoms with Crippen LogP contribution in [0.4, 0.5) is 0 Å². The van der Waals surface area contributed by atoms with Crippen LogP contribution in [-0.2, 0) is 11.3 Å². The average molecular weight is 463 g/mol. The van der Waals surface area contributed by atoms with Gasteiger partial charge in [-0.1, -0.05) is 11.6 Å². The molecule has 0 aliphatic carbocycles. The van der Waals surface area contributed by atoms with Crippen LogP contribution >= 0.6 is 11.6 Å². The van der Waals surface area contributed by atoms with Crippen molar-refractivity contribution in [1.29, 1.82) is 0 Å². The maximum Gasteiger partial charge on any atom is 0.263 e. The lowest BCUT2D eigenvalue weighted by atomic mass is 10.0. The van der Waals surface area contributed by atoms with E-state index in [4.69, 9.17) is 20.8 Å². The van der Waals surface area contributed by atoms with Crippen LogP contribution in [0.15, 0.2) is 81.5 Å². The molecule has 4 aromatic rings. The van der Waals surface area contributed by atoms with Crippen molar-refractivity contribution in [3.8, 4) is 5.75 Å². The Morgan fingerprint density at radius 3 is 2.76 bits per heavy atom. The van der Waals surface area contributed by atoms with Crippen molar-refractivity contribution in [1.82, 2.24) is 14.6 Å². The fourth-order valence-electron chi connectivity index (χ4n) is 3.86. The number of benzene rings is 2. The Morgan fingerprint density at radius 1 is 1.21 bits per heavy atom. The highest BCUT2D eigenvalue weighted by Gasteiger charge is 2.35. The molecule has 8 nitrogen and oxygen atoms in total. The maximum absolute atomic E-state index is 13.3. The summed E-state index contributed by atoms with van der Waals surface area (Å²) in [6, 6.07) is 15.5. The van der Waals surface area contributed by atoms with Crippen molar-refractivity contribution in [2.24, 2.45) is 5.10 Å². The van der Waals surface area contributed by atoms with Gasteiger partial charge in [0.15, 0.2) is 0 Å². The molecule has 1 aliphatic rings. The first-order chi connectivity index (χ1) is 16.0. The van der Waals surface area contributed by atoms with Crippen LogP contribution in [0.25, 0.3) is 10.9 Å². The average Bonchev–Trinajstić information content (AvgIpc) is 3.51. The number of hydrogen-bond acceptors (Lipinski definition) is 6. The van der Waals surface area contributed by atoms with Gasteiger partial charge < -0.3 is 9.15 Å². The van der Waals surface area contributed by atoms with Gasteiger partial charge in [-0.3, -0.25) is 14.2 Å². The fraction of sp³-hybridized carbons (Fsp3) is 0.167. The highest BCUT2D eigenvalue weighted by atomic mass is 35.5. The Kier molecular flexibility index (Phi) is 5.43. The van der Waals surface area contributed by atoms with Crippen LogP contribution in [-0.4, -0.2) is 33.3 Å². The van der Waals surface area contributed by atoms with Crippen molar-refractivity contribution >= 4 is 34.1 Å². The van der Waals surface area contributed by atoms with Crippen molar-refractivity contribution in [3.05, 3.63) is 93.9 Å². The number of fused-ring (bicyclic) bond motifs is 1. The molecule has 1 atom stereocenters.